The molecule has 0 saturated heterocycles. The predicted molar refractivity (Wildman–Crippen MR) is 71.9 cm³/mol. The second kappa shape index (κ2) is 6.47. The first-order valence-electron chi connectivity index (χ1n) is 5.73. The molecule has 4 nitrogen and oxygen atoms in total. The van der Waals surface area contributed by atoms with E-state index < -0.39 is 6.10 Å². The van der Waals surface area contributed by atoms with Crippen LogP contribution in [-0.2, 0) is 4.74 Å². The molecule has 0 heterocycles. The van der Waals surface area contributed by atoms with E-state index in [9.17, 15) is 5.11 Å². The first-order valence-corrected chi connectivity index (χ1v) is 5.73. The number of rotatable bonds is 6. The number of aryl methyl sites for hydroxylation is 1. The zero-order valence-electron chi connectivity index (χ0n) is 11.0. The summed E-state index contributed by atoms with van der Waals surface area (Å²) in [6, 6.07) is 6.16. The van der Waals surface area contributed by atoms with Crippen molar-refractivity contribution < 1.29 is 9.84 Å². The van der Waals surface area contributed by atoms with Crippen LogP contribution in [-0.4, -0.2) is 45.6 Å². The fraction of sp³-hybridized carbons (Fsp3) is 0.538. The van der Waals surface area contributed by atoms with Gasteiger partial charge in [0.05, 0.1) is 12.7 Å². The Morgan fingerprint density at radius 3 is 2.71 bits per heavy atom. The minimum absolute atomic E-state index is 0.347. The van der Waals surface area contributed by atoms with Gasteiger partial charge in [-0.1, -0.05) is 6.07 Å². The number of ether oxygens (including phenoxy) is 1. The van der Waals surface area contributed by atoms with Crippen LogP contribution in [0.1, 0.15) is 5.56 Å². The molecule has 1 rings (SSSR count). The molecule has 1 unspecified atom stereocenters. The number of nitrogens with one attached hydrogen (secondary N) is 1. The molecule has 1 aromatic carbocycles. The maximum absolute atomic E-state index is 9.55. The third kappa shape index (κ3) is 4.24. The van der Waals surface area contributed by atoms with Gasteiger partial charge >= 0.3 is 0 Å². The Kier molecular flexibility index (Phi) is 5.25. The average Bonchev–Trinajstić information content (AvgIpc) is 2.28. The van der Waals surface area contributed by atoms with Gasteiger partial charge in [0, 0.05) is 39.1 Å². The molecular formula is C13H22N2O2. The van der Waals surface area contributed by atoms with E-state index in [2.05, 4.69) is 29.3 Å². The minimum atomic E-state index is -0.482. The second-order valence-corrected chi connectivity index (χ2v) is 4.39. The minimum Gasteiger partial charge on any atom is -0.389 e. The summed E-state index contributed by atoms with van der Waals surface area (Å²) in [5.74, 6) is 0. The molecular weight excluding hydrogens is 216 g/mol. The predicted octanol–water partition coefficient (Wildman–Crippen LogP) is 1.48. The zero-order valence-corrected chi connectivity index (χ0v) is 11.0. The van der Waals surface area contributed by atoms with Gasteiger partial charge in [-0.05, 0) is 24.6 Å². The molecule has 0 aromatic heterocycles. The molecule has 4 heteroatoms. The van der Waals surface area contributed by atoms with Gasteiger partial charge in [0.2, 0.25) is 0 Å². The summed E-state index contributed by atoms with van der Waals surface area (Å²) in [4.78, 5) is 2.08. The number of benzene rings is 1. The molecule has 17 heavy (non-hydrogen) atoms. The highest BCUT2D eigenvalue weighted by atomic mass is 16.5. The highest BCUT2D eigenvalue weighted by Gasteiger charge is 2.05. The van der Waals surface area contributed by atoms with Crippen molar-refractivity contribution in [1.82, 2.24) is 0 Å². The third-order valence-corrected chi connectivity index (χ3v) is 2.59. The number of aliphatic hydroxyl groups is 1. The van der Waals surface area contributed by atoms with E-state index in [0.29, 0.717) is 13.2 Å². The van der Waals surface area contributed by atoms with Crippen molar-refractivity contribution in [1.29, 1.82) is 0 Å². The maximum atomic E-state index is 9.55. The molecule has 0 aliphatic heterocycles. The molecule has 96 valence electrons. The molecule has 0 aliphatic carbocycles. The molecule has 0 bridgehead atoms. The average molecular weight is 238 g/mol. The van der Waals surface area contributed by atoms with Gasteiger partial charge in [-0.15, -0.1) is 0 Å². The van der Waals surface area contributed by atoms with Gasteiger partial charge in [0.1, 0.15) is 0 Å². The van der Waals surface area contributed by atoms with E-state index in [1.54, 1.807) is 7.11 Å². The Morgan fingerprint density at radius 1 is 1.41 bits per heavy atom. The summed E-state index contributed by atoms with van der Waals surface area (Å²) in [5, 5.41) is 12.7. The van der Waals surface area contributed by atoms with Crippen molar-refractivity contribution >= 4 is 11.4 Å². The topological polar surface area (TPSA) is 44.7 Å². The summed E-state index contributed by atoms with van der Waals surface area (Å²) in [6.45, 7) is 2.92. The van der Waals surface area contributed by atoms with Crippen molar-refractivity contribution in [3.63, 3.8) is 0 Å². The van der Waals surface area contributed by atoms with E-state index in [0.717, 1.165) is 5.69 Å². The van der Waals surface area contributed by atoms with Crippen LogP contribution in [0.5, 0.6) is 0 Å². The van der Waals surface area contributed by atoms with Crippen molar-refractivity contribution in [2.24, 2.45) is 0 Å². The molecule has 0 spiro atoms. The van der Waals surface area contributed by atoms with Crippen LogP contribution >= 0.6 is 0 Å². The molecule has 2 N–H and O–H groups in total. The smallest absolute Gasteiger partial charge is 0.0945 e. The Balaban J connectivity index is 2.63. The first kappa shape index (κ1) is 13.8. The third-order valence-electron chi connectivity index (χ3n) is 2.59. The van der Waals surface area contributed by atoms with Crippen molar-refractivity contribution in [3.05, 3.63) is 23.8 Å². The normalized spacial score (nSPS) is 12.3. The highest BCUT2D eigenvalue weighted by Crippen LogP contribution is 2.22. The van der Waals surface area contributed by atoms with E-state index in [4.69, 9.17) is 4.74 Å². The zero-order chi connectivity index (χ0) is 12.8. The Bertz CT molecular complexity index is 353. The lowest BCUT2D eigenvalue weighted by Crippen LogP contribution is -2.24. The summed E-state index contributed by atoms with van der Waals surface area (Å²) in [5.41, 5.74) is 3.42. The van der Waals surface area contributed by atoms with Crippen molar-refractivity contribution in [2.45, 2.75) is 13.0 Å². The lowest BCUT2D eigenvalue weighted by molar-refractivity contribution is 0.0727. The van der Waals surface area contributed by atoms with Gasteiger partial charge in [-0.3, -0.25) is 0 Å². The number of methoxy groups -OCH3 is 1. The fourth-order valence-electron chi connectivity index (χ4n) is 1.69. The van der Waals surface area contributed by atoms with Crippen LogP contribution in [0.4, 0.5) is 11.4 Å². The molecule has 1 aromatic rings. The molecule has 0 aliphatic rings. The van der Waals surface area contributed by atoms with Gasteiger partial charge in [-0.2, -0.15) is 0 Å². The molecule has 0 amide bonds. The molecule has 0 fully saturated rings. The van der Waals surface area contributed by atoms with Crippen LogP contribution in [0, 0.1) is 6.92 Å². The Labute approximate surface area is 103 Å². The summed E-state index contributed by atoms with van der Waals surface area (Å²) < 4.78 is 4.87. The lowest BCUT2D eigenvalue weighted by Gasteiger charge is -2.18. The van der Waals surface area contributed by atoms with Crippen LogP contribution in [0.15, 0.2) is 18.2 Å². The van der Waals surface area contributed by atoms with Gasteiger partial charge in [0.15, 0.2) is 0 Å². The number of nitrogens with zero attached hydrogens (tertiary/aromatic N) is 1. The SMILES string of the molecule is COCC(O)CNc1ccc(C)c(N(C)C)c1. The monoisotopic (exact) mass is 238 g/mol. The second-order valence-electron chi connectivity index (χ2n) is 4.39. The Hall–Kier alpha value is -1.26. The van der Waals surface area contributed by atoms with E-state index in [-0.39, 0.29) is 0 Å². The van der Waals surface area contributed by atoms with Gasteiger partial charge < -0.3 is 20.1 Å². The molecule has 0 radical (unpaired) electrons. The van der Waals surface area contributed by atoms with Crippen LogP contribution < -0.4 is 10.2 Å². The summed E-state index contributed by atoms with van der Waals surface area (Å²) >= 11 is 0. The molecule has 0 saturated carbocycles. The van der Waals surface area contributed by atoms with E-state index >= 15 is 0 Å². The van der Waals surface area contributed by atoms with Gasteiger partial charge in [-0.25, -0.2) is 0 Å². The number of hydrogen-bond donors (Lipinski definition) is 2. The quantitative estimate of drug-likeness (QED) is 0.788. The maximum Gasteiger partial charge on any atom is 0.0945 e. The number of anilines is 2. The van der Waals surface area contributed by atoms with Gasteiger partial charge in [0.25, 0.3) is 0 Å². The first-order chi connectivity index (χ1) is 8.04. The van der Waals surface area contributed by atoms with Crippen molar-refractivity contribution in [2.75, 3.05) is 44.6 Å². The van der Waals surface area contributed by atoms with E-state index in [1.165, 1.54) is 11.3 Å². The van der Waals surface area contributed by atoms with Crippen molar-refractivity contribution in [3.8, 4) is 0 Å². The van der Waals surface area contributed by atoms with E-state index in [1.807, 2.05) is 20.2 Å². The number of aliphatic hydroxyl groups excluding tert-OH is 1. The van der Waals surface area contributed by atoms with Crippen LogP contribution in [0.25, 0.3) is 0 Å². The summed E-state index contributed by atoms with van der Waals surface area (Å²) in [6.07, 6.45) is -0.482. The lowest BCUT2D eigenvalue weighted by atomic mass is 10.1. The number of hydrogen-bond acceptors (Lipinski definition) is 4. The van der Waals surface area contributed by atoms with Crippen LogP contribution in [0.3, 0.4) is 0 Å². The van der Waals surface area contributed by atoms with Crippen LogP contribution in [0.2, 0.25) is 0 Å². The standard InChI is InChI=1S/C13H22N2O2/c1-10-5-6-11(7-13(10)15(2)3)14-8-12(16)9-17-4/h5-7,12,14,16H,8-9H2,1-4H3. The summed E-state index contributed by atoms with van der Waals surface area (Å²) in [7, 11) is 5.62. The highest BCUT2D eigenvalue weighted by molar-refractivity contribution is 5.61. The fourth-order valence-corrected chi connectivity index (χ4v) is 1.69. The Morgan fingerprint density at radius 2 is 2.12 bits per heavy atom. The molecule has 1 atom stereocenters. The largest absolute Gasteiger partial charge is 0.389 e.